The van der Waals surface area contributed by atoms with Gasteiger partial charge in [-0.1, -0.05) is 0 Å². The van der Waals surface area contributed by atoms with Crippen LogP contribution in [-0.4, -0.2) is 41.3 Å². The monoisotopic (exact) mass is 346 g/mol. The van der Waals surface area contributed by atoms with Gasteiger partial charge in [-0.25, -0.2) is 9.97 Å². The van der Waals surface area contributed by atoms with Crippen molar-refractivity contribution in [2.75, 3.05) is 31.2 Å². The average Bonchev–Trinajstić information content (AvgIpc) is 3.07. The summed E-state index contributed by atoms with van der Waals surface area (Å²) in [5.41, 5.74) is 6.44. The van der Waals surface area contributed by atoms with Gasteiger partial charge in [0, 0.05) is 25.6 Å². The third-order valence-electron chi connectivity index (χ3n) is 4.69. The molecule has 5 rings (SSSR count). The number of aromatic nitrogens is 3. The first-order chi connectivity index (χ1) is 12.8. The van der Waals surface area contributed by atoms with Gasteiger partial charge in [0.15, 0.2) is 11.5 Å². The lowest BCUT2D eigenvalue weighted by Crippen LogP contribution is -2.36. The molecule has 0 N–H and O–H groups in total. The quantitative estimate of drug-likeness (QED) is 0.553. The Balaban J connectivity index is 1.56. The maximum Gasteiger partial charge on any atom is 0.192 e. The summed E-state index contributed by atoms with van der Waals surface area (Å²) in [6.07, 6.45) is 1.92. The Morgan fingerprint density at radius 3 is 2.69 bits per heavy atom. The number of nitrogens with zero attached hydrogens (tertiary/aromatic N) is 4. The Hall–Kier alpha value is -2.99. The van der Waals surface area contributed by atoms with Crippen molar-refractivity contribution in [3.05, 3.63) is 48.5 Å². The molecule has 0 aliphatic carbocycles. The van der Waals surface area contributed by atoms with Crippen LogP contribution < -0.4 is 4.90 Å². The van der Waals surface area contributed by atoms with Crippen molar-refractivity contribution in [2.45, 2.75) is 6.92 Å². The van der Waals surface area contributed by atoms with Gasteiger partial charge in [0.25, 0.3) is 0 Å². The fourth-order valence-electron chi connectivity index (χ4n) is 3.35. The van der Waals surface area contributed by atoms with Gasteiger partial charge < -0.3 is 14.1 Å². The first kappa shape index (κ1) is 15.3. The molecule has 0 spiro atoms. The van der Waals surface area contributed by atoms with Crippen LogP contribution in [0, 0.1) is 6.92 Å². The molecule has 0 amide bonds. The largest absolute Gasteiger partial charge is 0.441 e. The van der Waals surface area contributed by atoms with Crippen molar-refractivity contribution in [3.63, 3.8) is 0 Å². The maximum atomic E-state index is 5.55. The molecule has 1 aliphatic rings. The minimum atomic E-state index is 0.669. The number of ether oxygens (including phenoxy) is 1. The topological polar surface area (TPSA) is 64.3 Å². The Bertz CT molecular complexity index is 1100. The van der Waals surface area contributed by atoms with Gasteiger partial charge in [-0.3, -0.25) is 4.98 Å². The van der Waals surface area contributed by atoms with Crippen LogP contribution in [0.2, 0.25) is 0 Å². The van der Waals surface area contributed by atoms with Crippen LogP contribution in [-0.2, 0) is 4.74 Å². The molecule has 1 fully saturated rings. The highest BCUT2D eigenvalue weighted by atomic mass is 16.5. The van der Waals surface area contributed by atoms with Crippen molar-refractivity contribution in [1.29, 1.82) is 0 Å². The van der Waals surface area contributed by atoms with E-state index < -0.39 is 0 Å². The standard InChI is InChI=1S/C20H18N4O2/c1-13-22-19-10-14(2-5-20(19)26-13)16-3-4-17-18(23-16)11-15(12-21-17)24-6-8-25-9-7-24/h2-5,10-12H,6-9H2,1H3. The second-order valence-electron chi connectivity index (χ2n) is 6.44. The molecule has 4 heterocycles. The summed E-state index contributed by atoms with van der Waals surface area (Å²) in [5, 5.41) is 0. The van der Waals surface area contributed by atoms with Gasteiger partial charge in [-0.15, -0.1) is 0 Å². The number of pyridine rings is 2. The van der Waals surface area contributed by atoms with E-state index in [0.29, 0.717) is 5.89 Å². The zero-order valence-electron chi connectivity index (χ0n) is 14.5. The zero-order valence-corrected chi connectivity index (χ0v) is 14.5. The van der Waals surface area contributed by atoms with Crippen LogP contribution in [0.25, 0.3) is 33.4 Å². The first-order valence-electron chi connectivity index (χ1n) is 8.73. The lowest BCUT2D eigenvalue weighted by Gasteiger charge is -2.28. The van der Waals surface area contributed by atoms with E-state index in [-0.39, 0.29) is 0 Å². The van der Waals surface area contributed by atoms with E-state index in [9.17, 15) is 0 Å². The Morgan fingerprint density at radius 2 is 1.81 bits per heavy atom. The van der Waals surface area contributed by atoms with Crippen LogP contribution >= 0.6 is 0 Å². The van der Waals surface area contributed by atoms with E-state index in [2.05, 4.69) is 20.9 Å². The van der Waals surface area contributed by atoms with E-state index in [1.165, 1.54) is 0 Å². The van der Waals surface area contributed by atoms with Crippen molar-refractivity contribution < 1.29 is 9.15 Å². The molecule has 1 aromatic carbocycles. The van der Waals surface area contributed by atoms with E-state index in [4.69, 9.17) is 14.1 Å². The molecule has 1 saturated heterocycles. The summed E-state index contributed by atoms with van der Waals surface area (Å²) in [4.78, 5) is 16.1. The second-order valence-corrected chi connectivity index (χ2v) is 6.44. The predicted molar refractivity (Wildman–Crippen MR) is 100 cm³/mol. The van der Waals surface area contributed by atoms with Crippen molar-refractivity contribution in [3.8, 4) is 11.3 Å². The number of hydrogen-bond acceptors (Lipinski definition) is 6. The second kappa shape index (κ2) is 6.07. The summed E-state index contributed by atoms with van der Waals surface area (Å²) >= 11 is 0. The summed E-state index contributed by atoms with van der Waals surface area (Å²) in [5.74, 6) is 0.669. The lowest BCUT2D eigenvalue weighted by atomic mass is 10.1. The van der Waals surface area contributed by atoms with Gasteiger partial charge in [0.05, 0.1) is 41.8 Å². The molecule has 26 heavy (non-hydrogen) atoms. The molecule has 0 atom stereocenters. The number of rotatable bonds is 2. The SMILES string of the molecule is Cc1nc2cc(-c3ccc4ncc(N5CCOCC5)cc4n3)ccc2o1. The number of anilines is 1. The maximum absolute atomic E-state index is 5.55. The minimum absolute atomic E-state index is 0.669. The Morgan fingerprint density at radius 1 is 0.923 bits per heavy atom. The van der Waals surface area contributed by atoms with E-state index in [0.717, 1.165) is 65.4 Å². The van der Waals surface area contributed by atoms with Gasteiger partial charge in [0.1, 0.15) is 5.52 Å². The number of aryl methyl sites for hydroxylation is 1. The summed E-state index contributed by atoms with van der Waals surface area (Å²) in [6.45, 7) is 5.13. The van der Waals surface area contributed by atoms with Crippen LogP contribution in [0.1, 0.15) is 5.89 Å². The Kier molecular flexibility index (Phi) is 3.57. The van der Waals surface area contributed by atoms with Crippen molar-refractivity contribution in [1.82, 2.24) is 15.0 Å². The molecule has 130 valence electrons. The molecule has 0 saturated carbocycles. The molecule has 0 bridgehead atoms. The van der Waals surface area contributed by atoms with Crippen LogP contribution in [0.5, 0.6) is 0 Å². The molecule has 6 heteroatoms. The van der Waals surface area contributed by atoms with E-state index >= 15 is 0 Å². The fourth-order valence-corrected chi connectivity index (χ4v) is 3.35. The van der Waals surface area contributed by atoms with Gasteiger partial charge in [0.2, 0.25) is 0 Å². The highest BCUT2D eigenvalue weighted by Gasteiger charge is 2.13. The average molecular weight is 346 g/mol. The molecule has 0 unspecified atom stereocenters. The van der Waals surface area contributed by atoms with Crippen molar-refractivity contribution >= 4 is 27.8 Å². The summed E-state index contributed by atoms with van der Waals surface area (Å²) in [7, 11) is 0. The smallest absolute Gasteiger partial charge is 0.192 e. The number of benzene rings is 1. The molecule has 0 radical (unpaired) electrons. The summed E-state index contributed by atoms with van der Waals surface area (Å²) < 4.78 is 11.0. The highest BCUT2D eigenvalue weighted by molar-refractivity contribution is 5.84. The normalized spacial score (nSPS) is 15.0. The van der Waals surface area contributed by atoms with E-state index in [1.807, 2.05) is 43.5 Å². The molecule has 4 aromatic rings. The molecular formula is C20H18N4O2. The molecule has 3 aromatic heterocycles. The Labute approximate surface area is 150 Å². The van der Waals surface area contributed by atoms with Crippen LogP contribution in [0.15, 0.2) is 47.0 Å². The minimum Gasteiger partial charge on any atom is -0.441 e. The highest BCUT2D eigenvalue weighted by Crippen LogP contribution is 2.26. The predicted octanol–water partition coefficient (Wildman–Crippen LogP) is 3.58. The van der Waals surface area contributed by atoms with Gasteiger partial charge >= 0.3 is 0 Å². The third-order valence-corrected chi connectivity index (χ3v) is 4.69. The van der Waals surface area contributed by atoms with Gasteiger partial charge in [-0.2, -0.15) is 0 Å². The third kappa shape index (κ3) is 2.68. The molecule has 1 aliphatic heterocycles. The number of morpholine rings is 1. The lowest BCUT2D eigenvalue weighted by molar-refractivity contribution is 0.122. The molecular weight excluding hydrogens is 328 g/mol. The van der Waals surface area contributed by atoms with Gasteiger partial charge in [-0.05, 0) is 36.4 Å². The summed E-state index contributed by atoms with van der Waals surface area (Å²) in [6, 6.07) is 12.1. The van der Waals surface area contributed by atoms with Crippen LogP contribution in [0.4, 0.5) is 5.69 Å². The molecule has 6 nitrogen and oxygen atoms in total. The number of oxazole rings is 1. The number of fused-ring (bicyclic) bond motifs is 2. The van der Waals surface area contributed by atoms with E-state index in [1.54, 1.807) is 0 Å². The zero-order chi connectivity index (χ0) is 17.5. The first-order valence-corrected chi connectivity index (χ1v) is 8.73. The van der Waals surface area contributed by atoms with Crippen LogP contribution in [0.3, 0.4) is 0 Å². The fraction of sp³-hybridized carbons (Fsp3) is 0.250. The van der Waals surface area contributed by atoms with Crippen molar-refractivity contribution in [2.24, 2.45) is 0 Å². The number of hydrogen-bond donors (Lipinski definition) is 0.